The van der Waals surface area contributed by atoms with Crippen LogP contribution in [0.4, 0.5) is 11.4 Å². The molecule has 0 aromatic heterocycles. The van der Waals surface area contributed by atoms with Crippen molar-refractivity contribution in [2.24, 2.45) is 0 Å². The molecule has 104 valence electrons. The Bertz CT molecular complexity index is 474. The molecule has 0 aliphatic carbocycles. The van der Waals surface area contributed by atoms with Gasteiger partial charge in [-0.05, 0) is 25.1 Å². The minimum atomic E-state index is -0.502. The highest BCUT2D eigenvalue weighted by Gasteiger charge is 2.11. The van der Waals surface area contributed by atoms with Crippen molar-refractivity contribution in [3.63, 3.8) is 0 Å². The lowest BCUT2D eigenvalue weighted by Crippen LogP contribution is -2.31. The normalized spacial score (nSPS) is 9.84. The number of methoxy groups -OCH3 is 1. The van der Waals surface area contributed by atoms with Crippen molar-refractivity contribution in [3.05, 3.63) is 23.8 Å². The molecule has 1 amide bonds. The number of anilines is 2. The van der Waals surface area contributed by atoms with Gasteiger partial charge in [0.25, 0.3) is 0 Å². The van der Waals surface area contributed by atoms with Crippen LogP contribution in [0.25, 0.3) is 0 Å². The molecule has 1 aromatic carbocycles. The van der Waals surface area contributed by atoms with Crippen molar-refractivity contribution in [1.82, 2.24) is 4.90 Å². The monoisotopic (exact) mass is 265 g/mol. The average molecular weight is 265 g/mol. The van der Waals surface area contributed by atoms with Gasteiger partial charge in [0.1, 0.15) is 0 Å². The summed E-state index contributed by atoms with van der Waals surface area (Å²) in [5.74, 6) is -0.530. The van der Waals surface area contributed by atoms with Crippen LogP contribution in [0.15, 0.2) is 18.2 Å². The van der Waals surface area contributed by atoms with Gasteiger partial charge >= 0.3 is 5.97 Å². The molecule has 0 fully saturated rings. The molecule has 0 radical (unpaired) electrons. The molecular weight excluding hydrogens is 246 g/mol. The number of nitrogens with two attached hydrogens (primary N) is 1. The van der Waals surface area contributed by atoms with Crippen LogP contribution >= 0.6 is 0 Å². The molecule has 19 heavy (non-hydrogen) atoms. The summed E-state index contributed by atoms with van der Waals surface area (Å²) in [6.07, 6.45) is 0. The number of esters is 1. The second kappa shape index (κ2) is 6.63. The highest BCUT2D eigenvalue weighted by molar-refractivity contribution is 5.96. The molecule has 0 spiro atoms. The van der Waals surface area contributed by atoms with Crippen molar-refractivity contribution < 1.29 is 14.3 Å². The lowest BCUT2D eigenvalue weighted by molar-refractivity contribution is -0.127. The predicted octanol–water partition coefficient (Wildman–Crippen LogP) is 0.946. The Labute approximate surface area is 112 Å². The van der Waals surface area contributed by atoms with E-state index in [1.165, 1.54) is 7.11 Å². The zero-order chi connectivity index (χ0) is 14.4. The van der Waals surface area contributed by atoms with Crippen molar-refractivity contribution in [2.75, 3.05) is 38.3 Å². The maximum absolute atomic E-state index is 11.6. The highest BCUT2D eigenvalue weighted by atomic mass is 16.5. The summed E-state index contributed by atoms with van der Waals surface area (Å²) < 4.78 is 4.63. The fraction of sp³-hybridized carbons (Fsp3) is 0.385. The zero-order valence-electron chi connectivity index (χ0n) is 11.4. The molecule has 0 heterocycles. The second-order valence-corrected chi connectivity index (χ2v) is 4.06. The van der Waals surface area contributed by atoms with Crippen molar-refractivity contribution in [2.45, 2.75) is 6.92 Å². The van der Waals surface area contributed by atoms with Crippen LogP contribution in [0.3, 0.4) is 0 Å². The summed E-state index contributed by atoms with van der Waals surface area (Å²) in [4.78, 5) is 24.7. The van der Waals surface area contributed by atoms with Crippen LogP contribution in [-0.2, 0) is 9.53 Å². The molecule has 1 aromatic rings. The Morgan fingerprint density at radius 1 is 1.42 bits per heavy atom. The molecule has 0 unspecified atom stereocenters. The number of carbonyl (C=O) groups excluding carboxylic acids is 2. The van der Waals surface area contributed by atoms with Crippen molar-refractivity contribution >= 4 is 23.3 Å². The number of amides is 1. The van der Waals surface area contributed by atoms with Crippen LogP contribution in [-0.4, -0.2) is 44.0 Å². The largest absolute Gasteiger partial charge is 0.465 e. The molecule has 0 bridgehead atoms. The van der Waals surface area contributed by atoms with E-state index in [-0.39, 0.29) is 18.0 Å². The molecule has 6 nitrogen and oxygen atoms in total. The first kappa shape index (κ1) is 14.8. The molecular formula is C13H19N3O3. The summed E-state index contributed by atoms with van der Waals surface area (Å²) in [6, 6.07) is 4.88. The fourth-order valence-corrected chi connectivity index (χ4v) is 1.44. The minimum Gasteiger partial charge on any atom is -0.465 e. The Hall–Kier alpha value is -2.24. The van der Waals surface area contributed by atoms with Gasteiger partial charge in [-0.15, -0.1) is 0 Å². The maximum Gasteiger partial charge on any atom is 0.340 e. The predicted molar refractivity (Wildman–Crippen MR) is 74.0 cm³/mol. The van der Waals surface area contributed by atoms with E-state index in [9.17, 15) is 9.59 Å². The Kier molecular flexibility index (Phi) is 5.17. The maximum atomic E-state index is 11.6. The topological polar surface area (TPSA) is 84.7 Å². The molecule has 0 aliphatic rings. The van der Waals surface area contributed by atoms with Gasteiger partial charge in [-0.3, -0.25) is 4.79 Å². The first-order valence-electron chi connectivity index (χ1n) is 5.95. The van der Waals surface area contributed by atoms with Gasteiger partial charge in [-0.1, -0.05) is 0 Å². The summed E-state index contributed by atoms with van der Waals surface area (Å²) >= 11 is 0. The first-order valence-corrected chi connectivity index (χ1v) is 5.95. The number of ether oxygens (including phenoxy) is 1. The van der Waals surface area contributed by atoms with Gasteiger partial charge in [0, 0.05) is 25.0 Å². The molecule has 0 saturated heterocycles. The van der Waals surface area contributed by atoms with Gasteiger partial charge in [0.15, 0.2) is 0 Å². The molecule has 1 rings (SSSR count). The van der Waals surface area contributed by atoms with Gasteiger partial charge in [0.2, 0.25) is 5.91 Å². The molecule has 0 aliphatic heterocycles. The van der Waals surface area contributed by atoms with Crippen LogP contribution < -0.4 is 11.1 Å². The van der Waals surface area contributed by atoms with E-state index in [1.807, 2.05) is 6.92 Å². The molecule has 6 heteroatoms. The first-order chi connectivity index (χ1) is 8.99. The Balaban J connectivity index is 2.75. The lowest BCUT2D eigenvalue weighted by Gasteiger charge is -2.15. The standard InChI is InChI=1S/C13H19N3O3/c1-4-16(2)12(17)8-15-9-5-6-11(14)10(7-9)13(18)19-3/h5-7,15H,4,8,14H2,1-3H3. The number of nitrogens with zero attached hydrogens (tertiary/aromatic N) is 1. The van der Waals surface area contributed by atoms with E-state index in [4.69, 9.17) is 5.73 Å². The van der Waals surface area contributed by atoms with Gasteiger partial charge in [-0.25, -0.2) is 4.79 Å². The van der Waals surface area contributed by atoms with Crippen LogP contribution in [0.5, 0.6) is 0 Å². The Morgan fingerprint density at radius 2 is 2.11 bits per heavy atom. The zero-order valence-corrected chi connectivity index (χ0v) is 11.4. The number of rotatable bonds is 5. The molecule has 0 atom stereocenters. The third-order valence-corrected chi connectivity index (χ3v) is 2.80. The van der Waals surface area contributed by atoms with E-state index in [2.05, 4.69) is 10.1 Å². The van der Waals surface area contributed by atoms with E-state index in [0.717, 1.165) is 0 Å². The van der Waals surface area contributed by atoms with Crippen molar-refractivity contribution in [3.8, 4) is 0 Å². The number of nitrogens with one attached hydrogen (secondary N) is 1. The lowest BCUT2D eigenvalue weighted by atomic mass is 10.1. The van der Waals surface area contributed by atoms with Gasteiger partial charge in [0.05, 0.1) is 19.2 Å². The van der Waals surface area contributed by atoms with Crippen LogP contribution in [0.1, 0.15) is 17.3 Å². The minimum absolute atomic E-state index is 0.0288. The van der Waals surface area contributed by atoms with Gasteiger partial charge in [-0.2, -0.15) is 0 Å². The molecule has 3 N–H and O–H groups in total. The van der Waals surface area contributed by atoms with Crippen LogP contribution in [0.2, 0.25) is 0 Å². The SMILES string of the molecule is CCN(C)C(=O)CNc1ccc(N)c(C(=O)OC)c1. The number of nitrogen functional groups attached to an aromatic ring is 1. The van der Waals surface area contributed by atoms with E-state index >= 15 is 0 Å². The highest BCUT2D eigenvalue weighted by Crippen LogP contribution is 2.18. The van der Waals surface area contributed by atoms with Crippen LogP contribution in [0, 0.1) is 0 Å². The number of carbonyl (C=O) groups is 2. The van der Waals surface area contributed by atoms with E-state index in [1.54, 1.807) is 30.1 Å². The smallest absolute Gasteiger partial charge is 0.340 e. The quantitative estimate of drug-likeness (QED) is 0.611. The summed E-state index contributed by atoms with van der Waals surface area (Å²) in [5, 5.41) is 2.95. The second-order valence-electron chi connectivity index (χ2n) is 4.06. The summed E-state index contributed by atoms with van der Waals surface area (Å²) in [7, 11) is 3.02. The van der Waals surface area contributed by atoms with E-state index in [0.29, 0.717) is 17.9 Å². The fourth-order valence-electron chi connectivity index (χ4n) is 1.44. The summed E-state index contributed by atoms with van der Waals surface area (Å²) in [6.45, 7) is 2.71. The molecule has 0 saturated carbocycles. The third-order valence-electron chi connectivity index (χ3n) is 2.80. The number of benzene rings is 1. The summed E-state index contributed by atoms with van der Waals surface area (Å²) in [5.41, 5.74) is 6.96. The van der Waals surface area contributed by atoms with E-state index < -0.39 is 5.97 Å². The number of hydrogen-bond acceptors (Lipinski definition) is 5. The average Bonchev–Trinajstić information content (AvgIpc) is 2.44. The van der Waals surface area contributed by atoms with Crippen molar-refractivity contribution in [1.29, 1.82) is 0 Å². The number of hydrogen-bond donors (Lipinski definition) is 2. The Morgan fingerprint density at radius 3 is 2.68 bits per heavy atom. The number of likely N-dealkylation sites (N-methyl/N-ethyl adjacent to an activating group) is 1. The third kappa shape index (κ3) is 3.87. The van der Waals surface area contributed by atoms with Gasteiger partial charge < -0.3 is 20.7 Å².